The van der Waals surface area contributed by atoms with Gasteiger partial charge in [-0.05, 0) is 38.3 Å². The monoisotopic (exact) mass is 412 g/mol. The van der Waals surface area contributed by atoms with Gasteiger partial charge in [0.2, 0.25) is 0 Å². The second kappa shape index (κ2) is 12.7. The van der Waals surface area contributed by atoms with Crippen LogP contribution in [0.4, 0.5) is 0 Å². The largest absolute Gasteiger partial charge is 0.464 e. The van der Waals surface area contributed by atoms with Gasteiger partial charge in [0.25, 0.3) is 0 Å². The van der Waals surface area contributed by atoms with Crippen LogP contribution in [0.3, 0.4) is 0 Å². The first-order valence-electron chi connectivity index (χ1n) is 9.93. The van der Waals surface area contributed by atoms with E-state index in [1.54, 1.807) is 20.8 Å². The summed E-state index contributed by atoms with van der Waals surface area (Å²) in [6, 6.07) is 20.8. The van der Waals surface area contributed by atoms with Gasteiger partial charge in [0.1, 0.15) is 5.60 Å². The molecule has 0 fully saturated rings. The number of hydrogen-bond acceptors (Lipinski definition) is 4. The molecular formula is C24H32O4Si. The summed E-state index contributed by atoms with van der Waals surface area (Å²) in [7, 11) is 0.800. The van der Waals surface area contributed by atoms with Crippen LogP contribution in [0.2, 0.25) is 0 Å². The van der Waals surface area contributed by atoms with E-state index in [4.69, 9.17) is 9.47 Å². The van der Waals surface area contributed by atoms with Crippen molar-refractivity contribution < 1.29 is 19.1 Å². The van der Waals surface area contributed by atoms with Crippen molar-refractivity contribution in [2.75, 3.05) is 0 Å². The van der Waals surface area contributed by atoms with Crippen molar-refractivity contribution in [3.63, 3.8) is 0 Å². The Morgan fingerprint density at radius 3 is 1.76 bits per heavy atom. The lowest BCUT2D eigenvalue weighted by atomic mass is 10.1. The first-order chi connectivity index (χ1) is 13.7. The van der Waals surface area contributed by atoms with Gasteiger partial charge < -0.3 is 9.47 Å². The molecule has 1 unspecified atom stereocenters. The van der Waals surface area contributed by atoms with Gasteiger partial charge >= 0.3 is 11.9 Å². The van der Waals surface area contributed by atoms with E-state index in [1.807, 2.05) is 19.1 Å². The van der Waals surface area contributed by atoms with E-state index >= 15 is 0 Å². The third kappa shape index (κ3) is 11.7. The molecule has 2 aromatic rings. The zero-order valence-electron chi connectivity index (χ0n) is 18.1. The summed E-state index contributed by atoms with van der Waals surface area (Å²) >= 11 is 0. The average Bonchev–Trinajstić information content (AvgIpc) is 2.67. The maximum absolute atomic E-state index is 11.3. The number of hydrogen-bond donors (Lipinski definition) is 0. The maximum atomic E-state index is 11.3. The molecule has 0 aliphatic heterocycles. The van der Waals surface area contributed by atoms with E-state index < -0.39 is 17.5 Å². The summed E-state index contributed by atoms with van der Waals surface area (Å²) in [6.45, 7) is 7.35. The lowest BCUT2D eigenvalue weighted by molar-refractivity contribution is -0.149. The summed E-state index contributed by atoms with van der Waals surface area (Å²) in [4.78, 5) is 22.6. The van der Waals surface area contributed by atoms with E-state index in [0.29, 0.717) is 0 Å². The van der Waals surface area contributed by atoms with Crippen LogP contribution < -0.4 is 0 Å². The second-order valence-electron chi connectivity index (χ2n) is 7.64. The molecule has 0 saturated carbocycles. The van der Waals surface area contributed by atoms with Gasteiger partial charge in [-0.2, -0.15) is 0 Å². The predicted molar refractivity (Wildman–Crippen MR) is 122 cm³/mol. The molecule has 0 aromatic heterocycles. The molecule has 0 spiro atoms. The molecule has 5 heteroatoms. The summed E-state index contributed by atoms with van der Waals surface area (Å²) in [5.41, 5.74) is 2.01. The Labute approximate surface area is 177 Å². The molecular weight excluding hydrogens is 380 g/mol. The highest BCUT2D eigenvalue weighted by molar-refractivity contribution is 6.12. The molecule has 0 aliphatic carbocycles. The number of carbonyl (C=O) groups is 2. The van der Waals surface area contributed by atoms with Crippen LogP contribution in [0.5, 0.6) is 0 Å². The number of benzene rings is 2. The zero-order valence-corrected chi connectivity index (χ0v) is 20.1. The normalized spacial score (nSPS) is 12.0. The van der Waals surface area contributed by atoms with E-state index in [2.05, 4.69) is 48.5 Å². The van der Waals surface area contributed by atoms with Crippen LogP contribution in [0.15, 0.2) is 72.8 Å². The van der Waals surface area contributed by atoms with Crippen molar-refractivity contribution in [2.45, 2.75) is 51.9 Å². The molecule has 0 heterocycles. The van der Waals surface area contributed by atoms with E-state index in [0.717, 1.165) is 35.2 Å². The molecule has 0 N–H and O–H groups in total. The van der Waals surface area contributed by atoms with Gasteiger partial charge in [0.05, 0.1) is 16.0 Å². The Bertz CT molecular complexity index is 727. The summed E-state index contributed by atoms with van der Waals surface area (Å²) < 4.78 is 10.1. The van der Waals surface area contributed by atoms with Gasteiger partial charge in [0, 0.05) is 12.2 Å². The van der Waals surface area contributed by atoms with Gasteiger partial charge in [-0.25, -0.2) is 9.59 Å². The Morgan fingerprint density at radius 1 is 0.897 bits per heavy atom. The summed E-state index contributed by atoms with van der Waals surface area (Å²) in [5.74, 6) is -1.01. The highest BCUT2D eigenvalue weighted by Gasteiger charge is 2.14. The average molecular weight is 413 g/mol. The summed E-state index contributed by atoms with van der Waals surface area (Å²) in [6.07, 6.45) is 4.08. The minimum atomic E-state index is -0.548. The van der Waals surface area contributed by atoms with Gasteiger partial charge in [-0.1, -0.05) is 74.0 Å². The molecule has 1 atom stereocenters. The van der Waals surface area contributed by atoms with Crippen molar-refractivity contribution in [3.05, 3.63) is 72.8 Å². The molecule has 156 valence electrons. The number of carbonyl (C=O) groups excluding carboxylic acids is 2. The minimum absolute atomic E-state index is 0.00999. The molecule has 29 heavy (non-hydrogen) atoms. The summed E-state index contributed by atoms with van der Waals surface area (Å²) in [5, 5.41) is 0. The third-order valence-corrected chi connectivity index (χ3v) is 4.47. The van der Waals surface area contributed by atoms with Crippen molar-refractivity contribution in [2.24, 2.45) is 0 Å². The zero-order chi connectivity index (χ0) is 21.7. The van der Waals surface area contributed by atoms with Crippen LogP contribution in [0.25, 0.3) is 11.1 Å². The highest BCUT2D eigenvalue weighted by Crippen LogP contribution is 2.17. The fourth-order valence-electron chi connectivity index (χ4n) is 2.44. The molecule has 0 saturated heterocycles. The highest BCUT2D eigenvalue weighted by atomic mass is 28.1. The lowest BCUT2D eigenvalue weighted by Gasteiger charge is -2.17. The van der Waals surface area contributed by atoms with Crippen LogP contribution in [-0.4, -0.2) is 33.5 Å². The van der Waals surface area contributed by atoms with E-state index in [-0.39, 0.29) is 5.73 Å². The van der Waals surface area contributed by atoms with Gasteiger partial charge in [0.15, 0.2) is 0 Å². The molecule has 4 nitrogen and oxygen atoms in total. The molecule has 0 amide bonds. The smallest absolute Gasteiger partial charge is 0.331 e. The Balaban J connectivity index is 0.000000304. The van der Waals surface area contributed by atoms with Crippen molar-refractivity contribution in [1.82, 2.24) is 0 Å². The van der Waals surface area contributed by atoms with Crippen LogP contribution >= 0.6 is 0 Å². The van der Waals surface area contributed by atoms with Crippen LogP contribution in [0, 0.1) is 0 Å². The quantitative estimate of drug-likeness (QED) is 0.404. The predicted octanol–water partition coefficient (Wildman–Crippen LogP) is 4.27. The standard InChI is InChI=1S/C12H22O4Si.C12H10/c1-5-6-11(17)15-9(13)7-8-10(14)16-12(2,3)4;1-3-7-11(8-4-1)12-9-5-2-6-10-12/h7-8,11H,5-6H2,1-4,17H3;1-10H/b8-7-;. The van der Waals surface area contributed by atoms with Crippen molar-refractivity contribution in [1.29, 1.82) is 0 Å². The Morgan fingerprint density at radius 2 is 1.34 bits per heavy atom. The SMILES string of the molecule is CCCC([SiH3])OC(=O)/C=C\C(=O)OC(C)(C)C.c1ccc(-c2ccccc2)cc1. The van der Waals surface area contributed by atoms with Crippen LogP contribution in [0.1, 0.15) is 40.5 Å². The van der Waals surface area contributed by atoms with Crippen LogP contribution in [-0.2, 0) is 19.1 Å². The third-order valence-electron chi connectivity index (χ3n) is 3.66. The Hall–Kier alpha value is -2.66. The lowest BCUT2D eigenvalue weighted by Crippen LogP contribution is -2.23. The number of ether oxygens (including phenoxy) is 2. The first kappa shape index (κ1) is 24.4. The minimum Gasteiger partial charge on any atom is -0.464 e. The molecule has 0 aliphatic rings. The molecule has 2 aromatic carbocycles. The van der Waals surface area contributed by atoms with Gasteiger partial charge in [-0.3, -0.25) is 0 Å². The van der Waals surface area contributed by atoms with Crippen molar-refractivity contribution in [3.8, 4) is 11.1 Å². The second-order valence-corrected chi connectivity index (χ2v) is 8.92. The van der Waals surface area contributed by atoms with Crippen molar-refractivity contribution >= 4 is 22.2 Å². The fraction of sp³-hybridized carbons (Fsp3) is 0.333. The van der Waals surface area contributed by atoms with E-state index in [1.165, 1.54) is 11.1 Å². The first-order valence-corrected chi connectivity index (χ1v) is 11.1. The molecule has 0 bridgehead atoms. The van der Waals surface area contributed by atoms with E-state index in [9.17, 15) is 9.59 Å². The number of esters is 2. The molecule has 2 rings (SSSR count). The fourth-order valence-corrected chi connectivity index (χ4v) is 3.25. The Kier molecular flexibility index (Phi) is 10.7. The maximum Gasteiger partial charge on any atom is 0.331 e. The number of rotatable bonds is 6. The van der Waals surface area contributed by atoms with Gasteiger partial charge in [-0.15, -0.1) is 0 Å². The topological polar surface area (TPSA) is 52.6 Å². The molecule has 0 radical (unpaired) electrons.